The molecule has 1 aromatic heterocycles. The van der Waals surface area contributed by atoms with Crippen molar-refractivity contribution in [3.63, 3.8) is 0 Å². The lowest BCUT2D eigenvalue weighted by molar-refractivity contribution is 0.0524. The van der Waals surface area contributed by atoms with Gasteiger partial charge in [0, 0.05) is 36.5 Å². The summed E-state index contributed by atoms with van der Waals surface area (Å²) in [6.07, 6.45) is 2.39. The van der Waals surface area contributed by atoms with Crippen molar-refractivity contribution in [2.75, 3.05) is 24.6 Å². The molecule has 0 aliphatic heterocycles. The van der Waals surface area contributed by atoms with Crippen LogP contribution >= 0.6 is 0 Å². The number of anilines is 1. The average Bonchev–Trinajstić information content (AvgIpc) is 3.03. The van der Waals surface area contributed by atoms with Gasteiger partial charge in [0.05, 0.1) is 30.3 Å². The summed E-state index contributed by atoms with van der Waals surface area (Å²) < 4.78 is 62.5. The number of carbonyl (C=O) groups is 1. The zero-order valence-corrected chi connectivity index (χ0v) is 28.0. The van der Waals surface area contributed by atoms with Crippen LogP contribution in [0.25, 0.3) is 10.9 Å². The quantitative estimate of drug-likeness (QED) is 0.149. The van der Waals surface area contributed by atoms with Gasteiger partial charge in [-0.05, 0) is 66.6 Å². The summed E-state index contributed by atoms with van der Waals surface area (Å²) in [5, 5.41) is 0.247. The first-order chi connectivity index (χ1) is 22.9. The van der Waals surface area contributed by atoms with Crippen LogP contribution in [0.1, 0.15) is 57.9 Å². The summed E-state index contributed by atoms with van der Waals surface area (Å²) in [6, 6.07) is 24.0. The number of hydrogen-bond donors (Lipinski definition) is 1. The molecule has 0 bridgehead atoms. The van der Waals surface area contributed by atoms with Crippen molar-refractivity contribution >= 4 is 32.6 Å². The van der Waals surface area contributed by atoms with Crippen molar-refractivity contribution in [1.82, 2.24) is 9.47 Å². The molecule has 0 saturated heterocycles. The molecule has 11 heteroatoms. The van der Waals surface area contributed by atoms with E-state index in [1.807, 2.05) is 62.5 Å². The average molecular weight is 674 g/mol. The van der Waals surface area contributed by atoms with Crippen LogP contribution in [0.15, 0.2) is 95.9 Å². The van der Waals surface area contributed by atoms with Gasteiger partial charge in [-0.1, -0.05) is 61.5 Å². The summed E-state index contributed by atoms with van der Waals surface area (Å²) in [5.74, 6) is -2.60. The lowest BCUT2D eigenvalue weighted by Gasteiger charge is -2.25. The standard InChI is InChI=1S/C37H37F2N3O5S/c1-5-47-37(44)31-23-42(22-30-32(38)12-9-13-33(30)39)34-19-18-28(24(2)26-14-16-27(17-15-26)40-48(4,45)46)29(35(34)36(31)43)21-41(3)20-25-10-7-6-8-11-25/h6-19,23-24,40H,5,20-22H2,1-4H3. The fourth-order valence-electron chi connectivity index (χ4n) is 5.93. The van der Waals surface area contributed by atoms with Crippen molar-refractivity contribution in [3.8, 4) is 0 Å². The highest BCUT2D eigenvalue weighted by Crippen LogP contribution is 2.33. The third-order valence-corrected chi connectivity index (χ3v) is 8.79. The molecule has 0 spiro atoms. The zero-order valence-electron chi connectivity index (χ0n) is 27.2. The smallest absolute Gasteiger partial charge is 0.343 e. The topological polar surface area (TPSA) is 97.7 Å². The van der Waals surface area contributed by atoms with E-state index in [-0.39, 0.29) is 35.6 Å². The van der Waals surface area contributed by atoms with E-state index < -0.39 is 33.1 Å². The summed E-state index contributed by atoms with van der Waals surface area (Å²) in [7, 11) is -1.54. The van der Waals surface area contributed by atoms with Crippen molar-refractivity contribution in [3.05, 3.63) is 146 Å². The minimum atomic E-state index is -3.46. The second-order valence-corrected chi connectivity index (χ2v) is 13.6. The first-order valence-electron chi connectivity index (χ1n) is 15.5. The fraction of sp³-hybridized carbons (Fsp3) is 0.243. The number of fused-ring (bicyclic) bond motifs is 1. The fourth-order valence-corrected chi connectivity index (χ4v) is 6.50. The van der Waals surface area contributed by atoms with Crippen LogP contribution in [0.2, 0.25) is 0 Å². The normalized spacial score (nSPS) is 12.3. The maximum Gasteiger partial charge on any atom is 0.343 e. The van der Waals surface area contributed by atoms with Crippen LogP contribution in [-0.2, 0) is 34.4 Å². The number of aromatic nitrogens is 1. The first kappa shape index (κ1) is 34.5. The Kier molecular flexibility index (Phi) is 10.4. The van der Waals surface area contributed by atoms with E-state index in [1.165, 1.54) is 16.8 Å². The monoisotopic (exact) mass is 673 g/mol. The van der Waals surface area contributed by atoms with Crippen LogP contribution in [0.5, 0.6) is 0 Å². The van der Waals surface area contributed by atoms with E-state index >= 15 is 0 Å². The van der Waals surface area contributed by atoms with Gasteiger partial charge in [-0.15, -0.1) is 0 Å². The number of benzene rings is 4. The molecule has 0 aliphatic carbocycles. The minimum absolute atomic E-state index is 0.0339. The molecule has 1 heterocycles. The number of ether oxygens (including phenoxy) is 1. The van der Waals surface area contributed by atoms with Crippen LogP contribution in [0.3, 0.4) is 0 Å². The van der Waals surface area contributed by atoms with Crippen molar-refractivity contribution in [2.24, 2.45) is 0 Å². The van der Waals surface area contributed by atoms with Crippen molar-refractivity contribution < 1.29 is 26.7 Å². The molecule has 1 N–H and O–H groups in total. The summed E-state index contributed by atoms with van der Waals surface area (Å²) in [5.41, 5.74) is 3.19. The molecule has 0 fully saturated rings. The minimum Gasteiger partial charge on any atom is -0.462 e. The molecule has 250 valence electrons. The number of sulfonamides is 1. The number of pyridine rings is 1. The Hall–Kier alpha value is -4.87. The predicted molar refractivity (Wildman–Crippen MR) is 184 cm³/mol. The van der Waals surface area contributed by atoms with Gasteiger partial charge in [0.25, 0.3) is 0 Å². The Morgan fingerprint density at radius 3 is 2.21 bits per heavy atom. The van der Waals surface area contributed by atoms with Gasteiger partial charge < -0.3 is 9.30 Å². The van der Waals surface area contributed by atoms with Crippen LogP contribution in [0, 0.1) is 11.6 Å². The summed E-state index contributed by atoms with van der Waals surface area (Å²) in [4.78, 5) is 29.5. The van der Waals surface area contributed by atoms with Gasteiger partial charge in [0.1, 0.15) is 17.2 Å². The molecular weight excluding hydrogens is 636 g/mol. The Balaban J connectivity index is 1.72. The van der Waals surface area contributed by atoms with Crippen molar-refractivity contribution in [2.45, 2.75) is 39.4 Å². The molecule has 5 aromatic rings. The van der Waals surface area contributed by atoms with Crippen molar-refractivity contribution in [1.29, 1.82) is 0 Å². The second kappa shape index (κ2) is 14.5. The number of rotatable bonds is 12. The van der Waals surface area contributed by atoms with Crippen LogP contribution in [0.4, 0.5) is 14.5 Å². The van der Waals surface area contributed by atoms with Crippen LogP contribution < -0.4 is 10.2 Å². The molecule has 0 aliphatic rings. The molecular formula is C37H37F2N3O5S. The molecule has 8 nitrogen and oxygen atoms in total. The third-order valence-electron chi connectivity index (χ3n) is 8.18. The molecule has 0 amide bonds. The number of nitrogens with one attached hydrogen (secondary N) is 1. The summed E-state index contributed by atoms with van der Waals surface area (Å²) in [6.45, 7) is 4.23. The van der Waals surface area contributed by atoms with E-state index in [9.17, 15) is 26.8 Å². The molecule has 0 radical (unpaired) electrons. The van der Waals surface area contributed by atoms with Gasteiger partial charge in [-0.25, -0.2) is 22.0 Å². The Labute approximate surface area is 278 Å². The Morgan fingerprint density at radius 1 is 0.917 bits per heavy atom. The molecule has 4 aromatic carbocycles. The van der Waals surface area contributed by atoms with Gasteiger partial charge in [-0.3, -0.25) is 14.4 Å². The Bertz CT molecular complexity index is 2100. The third kappa shape index (κ3) is 7.80. The van der Waals surface area contributed by atoms with Gasteiger partial charge in [0.2, 0.25) is 15.5 Å². The van der Waals surface area contributed by atoms with Gasteiger partial charge in [0.15, 0.2) is 0 Å². The highest BCUT2D eigenvalue weighted by atomic mass is 32.2. The number of esters is 1. The van der Waals surface area contributed by atoms with Gasteiger partial charge >= 0.3 is 5.97 Å². The van der Waals surface area contributed by atoms with E-state index in [1.54, 1.807) is 25.1 Å². The number of hydrogen-bond acceptors (Lipinski definition) is 6. The van der Waals surface area contributed by atoms with Crippen LogP contribution in [-0.4, -0.2) is 43.8 Å². The first-order valence-corrected chi connectivity index (χ1v) is 17.3. The molecule has 0 saturated carbocycles. The predicted octanol–water partition coefficient (Wildman–Crippen LogP) is 6.66. The number of halogens is 2. The van der Waals surface area contributed by atoms with E-state index in [0.29, 0.717) is 29.9 Å². The summed E-state index contributed by atoms with van der Waals surface area (Å²) >= 11 is 0. The second-order valence-electron chi connectivity index (χ2n) is 11.8. The maximum atomic E-state index is 14.9. The maximum absolute atomic E-state index is 14.9. The number of carbonyl (C=O) groups excluding carboxylic acids is 1. The molecule has 1 unspecified atom stereocenters. The van der Waals surface area contributed by atoms with Gasteiger partial charge in [-0.2, -0.15) is 0 Å². The van der Waals surface area contributed by atoms with E-state index in [0.717, 1.165) is 35.1 Å². The van der Waals surface area contributed by atoms with E-state index in [4.69, 9.17) is 4.74 Å². The highest BCUT2D eigenvalue weighted by molar-refractivity contribution is 7.92. The largest absolute Gasteiger partial charge is 0.462 e. The highest BCUT2D eigenvalue weighted by Gasteiger charge is 2.24. The lowest BCUT2D eigenvalue weighted by Crippen LogP contribution is -2.25. The molecule has 5 rings (SSSR count). The zero-order chi connectivity index (χ0) is 34.6. The number of nitrogens with zero attached hydrogens (tertiary/aromatic N) is 2. The lowest BCUT2D eigenvalue weighted by atomic mass is 9.87. The molecule has 1 atom stereocenters. The molecule has 48 heavy (non-hydrogen) atoms. The SMILES string of the molecule is CCOC(=O)c1cn(Cc2c(F)cccc2F)c2ccc(C(C)c3ccc(NS(C)(=O)=O)cc3)c(CN(C)Cc3ccccc3)c2c1=O. The Morgan fingerprint density at radius 2 is 1.58 bits per heavy atom. The van der Waals surface area contributed by atoms with E-state index in [2.05, 4.69) is 9.62 Å².